The van der Waals surface area contributed by atoms with Crippen LogP contribution in [-0.4, -0.2) is 11.1 Å². The molecule has 0 saturated heterocycles. The summed E-state index contributed by atoms with van der Waals surface area (Å²) in [5.41, 5.74) is -0.305. The summed E-state index contributed by atoms with van der Waals surface area (Å²) in [4.78, 5) is 9.55. The minimum Gasteiger partial charge on any atom is -0.478 e. The lowest BCUT2D eigenvalue weighted by atomic mass is 10.1. The maximum absolute atomic E-state index is 12.9. The summed E-state index contributed by atoms with van der Waals surface area (Å²) >= 11 is 16.6. The highest BCUT2D eigenvalue weighted by Crippen LogP contribution is 2.33. The summed E-state index contributed by atoms with van der Waals surface area (Å²) in [6.07, 6.45) is 0. The van der Waals surface area contributed by atoms with Crippen LogP contribution in [0.4, 0.5) is 4.39 Å². The first-order valence-electron chi connectivity index (χ1n) is 3.44. The van der Waals surface area contributed by atoms with E-state index < -0.39 is 16.6 Å². The molecule has 0 aliphatic heterocycles. The van der Waals surface area contributed by atoms with Crippen molar-refractivity contribution in [2.45, 2.75) is 4.84 Å². The molecular formula is C8H4Cl3FO2. The SMILES string of the molecule is O=C(O)c1cc(F)cc(C(Cl)Cl)c1Cl. The van der Waals surface area contributed by atoms with Gasteiger partial charge in [-0.05, 0) is 12.1 Å². The molecule has 0 radical (unpaired) electrons. The second kappa shape index (κ2) is 4.34. The fourth-order valence-electron chi connectivity index (χ4n) is 0.925. The Hall–Kier alpha value is -0.510. The second-order valence-electron chi connectivity index (χ2n) is 2.46. The number of carboxylic acids is 1. The van der Waals surface area contributed by atoms with Crippen LogP contribution in [0.15, 0.2) is 12.1 Å². The number of carbonyl (C=O) groups is 1. The van der Waals surface area contributed by atoms with Gasteiger partial charge in [0.15, 0.2) is 0 Å². The molecule has 14 heavy (non-hydrogen) atoms. The molecule has 0 amide bonds. The molecule has 0 spiro atoms. The zero-order chi connectivity index (χ0) is 10.9. The van der Waals surface area contributed by atoms with Crippen LogP contribution < -0.4 is 0 Å². The second-order valence-corrected chi connectivity index (χ2v) is 3.94. The van der Waals surface area contributed by atoms with Crippen LogP contribution in [0.25, 0.3) is 0 Å². The summed E-state index contributed by atoms with van der Waals surface area (Å²) in [7, 11) is 0. The van der Waals surface area contributed by atoms with E-state index in [4.69, 9.17) is 39.9 Å². The van der Waals surface area contributed by atoms with E-state index in [-0.39, 0.29) is 16.1 Å². The van der Waals surface area contributed by atoms with Gasteiger partial charge in [0.1, 0.15) is 10.7 Å². The third-order valence-electron chi connectivity index (χ3n) is 1.53. The van der Waals surface area contributed by atoms with Crippen LogP contribution >= 0.6 is 34.8 Å². The molecule has 0 saturated carbocycles. The molecule has 2 nitrogen and oxygen atoms in total. The predicted octanol–water partition coefficient (Wildman–Crippen LogP) is 3.65. The fraction of sp³-hybridized carbons (Fsp3) is 0.125. The van der Waals surface area contributed by atoms with E-state index in [0.29, 0.717) is 0 Å². The predicted molar refractivity (Wildman–Crippen MR) is 52.8 cm³/mol. The van der Waals surface area contributed by atoms with E-state index in [1.807, 2.05) is 0 Å². The van der Waals surface area contributed by atoms with Gasteiger partial charge in [0.2, 0.25) is 0 Å². The smallest absolute Gasteiger partial charge is 0.337 e. The van der Waals surface area contributed by atoms with Gasteiger partial charge in [-0.25, -0.2) is 9.18 Å². The zero-order valence-electron chi connectivity index (χ0n) is 6.60. The Morgan fingerprint density at radius 3 is 2.43 bits per heavy atom. The standard InChI is InChI=1S/C8H4Cl3FO2/c9-6-4(7(10)11)1-3(12)2-5(6)8(13)14/h1-2,7H,(H,13,14). The molecular weight excluding hydrogens is 253 g/mol. The summed E-state index contributed by atoms with van der Waals surface area (Å²) in [5.74, 6) is -2.07. The summed E-state index contributed by atoms with van der Waals surface area (Å²) in [6, 6.07) is 1.81. The van der Waals surface area contributed by atoms with Crippen molar-refractivity contribution in [3.63, 3.8) is 0 Å². The lowest BCUT2D eigenvalue weighted by Gasteiger charge is -2.07. The average Bonchev–Trinajstić information content (AvgIpc) is 2.07. The normalized spacial score (nSPS) is 10.6. The summed E-state index contributed by atoms with van der Waals surface area (Å²) in [6.45, 7) is 0. The van der Waals surface area contributed by atoms with E-state index >= 15 is 0 Å². The summed E-state index contributed by atoms with van der Waals surface area (Å²) in [5, 5.41) is 8.51. The first-order chi connectivity index (χ1) is 6.43. The highest BCUT2D eigenvalue weighted by Gasteiger charge is 2.18. The molecule has 1 aromatic carbocycles. The minimum atomic E-state index is -1.33. The Morgan fingerprint density at radius 1 is 1.43 bits per heavy atom. The van der Waals surface area contributed by atoms with Gasteiger partial charge < -0.3 is 5.11 Å². The Labute approximate surface area is 94.2 Å². The highest BCUT2D eigenvalue weighted by molar-refractivity contribution is 6.45. The monoisotopic (exact) mass is 256 g/mol. The number of halogens is 4. The maximum atomic E-state index is 12.9. The van der Waals surface area contributed by atoms with Crippen molar-refractivity contribution >= 4 is 40.8 Å². The molecule has 0 aliphatic rings. The number of hydrogen-bond donors (Lipinski definition) is 1. The lowest BCUT2D eigenvalue weighted by molar-refractivity contribution is 0.0696. The van der Waals surface area contributed by atoms with Crippen LogP contribution in [-0.2, 0) is 0 Å². The Balaban J connectivity index is 3.40. The molecule has 0 aromatic heterocycles. The van der Waals surface area contributed by atoms with Gasteiger partial charge in [-0.3, -0.25) is 0 Å². The number of alkyl halides is 2. The van der Waals surface area contributed by atoms with Gasteiger partial charge in [-0.1, -0.05) is 11.6 Å². The van der Waals surface area contributed by atoms with Gasteiger partial charge in [0, 0.05) is 5.56 Å². The van der Waals surface area contributed by atoms with E-state index in [0.717, 1.165) is 12.1 Å². The van der Waals surface area contributed by atoms with E-state index in [1.54, 1.807) is 0 Å². The van der Waals surface area contributed by atoms with Crippen LogP contribution in [0.3, 0.4) is 0 Å². The van der Waals surface area contributed by atoms with Crippen molar-refractivity contribution in [1.82, 2.24) is 0 Å². The zero-order valence-corrected chi connectivity index (χ0v) is 8.87. The van der Waals surface area contributed by atoms with Crippen molar-refractivity contribution in [3.8, 4) is 0 Å². The van der Waals surface area contributed by atoms with Gasteiger partial charge in [0.05, 0.1) is 10.6 Å². The first-order valence-corrected chi connectivity index (χ1v) is 4.69. The van der Waals surface area contributed by atoms with Crippen LogP contribution in [0.5, 0.6) is 0 Å². The molecule has 0 aliphatic carbocycles. The van der Waals surface area contributed by atoms with Crippen LogP contribution in [0.1, 0.15) is 20.8 Å². The molecule has 76 valence electrons. The third kappa shape index (κ3) is 2.29. The van der Waals surface area contributed by atoms with E-state index in [1.165, 1.54) is 0 Å². The number of hydrogen-bond acceptors (Lipinski definition) is 1. The average molecular weight is 257 g/mol. The van der Waals surface area contributed by atoms with Crippen molar-refractivity contribution in [2.24, 2.45) is 0 Å². The van der Waals surface area contributed by atoms with Crippen molar-refractivity contribution < 1.29 is 14.3 Å². The number of benzene rings is 1. The van der Waals surface area contributed by atoms with Crippen LogP contribution in [0.2, 0.25) is 5.02 Å². The quantitative estimate of drug-likeness (QED) is 0.821. The molecule has 0 heterocycles. The third-order valence-corrected chi connectivity index (χ3v) is 2.42. The van der Waals surface area contributed by atoms with E-state index in [9.17, 15) is 9.18 Å². The molecule has 0 unspecified atom stereocenters. The number of rotatable bonds is 2. The van der Waals surface area contributed by atoms with E-state index in [2.05, 4.69) is 0 Å². The molecule has 1 rings (SSSR count). The van der Waals surface area contributed by atoms with Gasteiger partial charge in [-0.2, -0.15) is 0 Å². The molecule has 1 aromatic rings. The van der Waals surface area contributed by atoms with Crippen molar-refractivity contribution in [3.05, 3.63) is 34.1 Å². The minimum absolute atomic E-state index is 0.0485. The molecule has 0 fully saturated rings. The maximum Gasteiger partial charge on any atom is 0.337 e. The number of aromatic carboxylic acids is 1. The fourth-order valence-corrected chi connectivity index (χ4v) is 1.68. The molecule has 6 heteroatoms. The van der Waals surface area contributed by atoms with Crippen molar-refractivity contribution in [1.29, 1.82) is 0 Å². The topological polar surface area (TPSA) is 37.3 Å². The summed E-state index contributed by atoms with van der Waals surface area (Å²) < 4.78 is 12.9. The van der Waals surface area contributed by atoms with Crippen LogP contribution in [0, 0.1) is 5.82 Å². The molecule has 0 atom stereocenters. The largest absolute Gasteiger partial charge is 0.478 e. The lowest BCUT2D eigenvalue weighted by Crippen LogP contribution is -2.01. The highest BCUT2D eigenvalue weighted by atomic mass is 35.5. The first kappa shape index (κ1) is 11.6. The van der Waals surface area contributed by atoms with Gasteiger partial charge >= 0.3 is 5.97 Å². The van der Waals surface area contributed by atoms with Gasteiger partial charge in [-0.15, -0.1) is 23.2 Å². The number of carboxylic acid groups (broad SMARTS) is 1. The Bertz CT molecular complexity index is 379. The molecule has 1 N–H and O–H groups in total. The van der Waals surface area contributed by atoms with Crippen molar-refractivity contribution in [2.75, 3.05) is 0 Å². The Morgan fingerprint density at radius 2 is 2.00 bits per heavy atom. The molecule has 0 bridgehead atoms. The Kier molecular flexibility index (Phi) is 3.59. The van der Waals surface area contributed by atoms with Gasteiger partial charge in [0.25, 0.3) is 0 Å².